The van der Waals surface area contributed by atoms with Crippen LogP contribution in [0.5, 0.6) is 0 Å². The molecule has 8 heteroatoms. The second kappa shape index (κ2) is 8.32. The number of halogens is 1. The van der Waals surface area contributed by atoms with E-state index in [-0.39, 0.29) is 11.5 Å². The molecule has 0 spiro atoms. The van der Waals surface area contributed by atoms with Crippen molar-refractivity contribution in [1.82, 2.24) is 14.9 Å². The van der Waals surface area contributed by atoms with E-state index in [0.717, 1.165) is 39.6 Å². The van der Waals surface area contributed by atoms with Crippen molar-refractivity contribution in [2.24, 2.45) is 0 Å². The van der Waals surface area contributed by atoms with Crippen LogP contribution in [0.2, 0.25) is 5.02 Å². The van der Waals surface area contributed by atoms with Crippen LogP contribution in [0, 0.1) is 6.92 Å². The van der Waals surface area contributed by atoms with Gasteiger partial charge in [-0.15, -0.1) is 11.3 Å². The van der Waals surface area contributed by atoms with Gasteiger partial charge in [0.15, 0.2) is 5.78 Å². The summed E-state index contributed by atoms with van der Waals surface area (Å²) in [6, 6.07) is 7.48. The molecule has 0 saturated carbocycles. The number of pyridine rings is 2. The van der Waals surface area contributed by atoms with Crippen molar-refractivity contribution in [2.75, 3.05) is 25.9 Å². The van der Waals surface area contributed by atoms with Crippen LogP contribution in [-0.2, 0) is 5.60 Å². The third kappa shape index (κ3) is 4.49. The molecule has 0 atom stereocenters. The normalized spacial score (nSPS) is 17.0. The first-order valence-electron chi connectivity index (χ1n) is 9.44. The Morgan fingerprint density at radius 2 is 2.10 bits per heavy atom. The number of carbonyl (C=O) groups is 1. The molecule has 1 N–H and O–H groups in total. The molecule has 1 saturated heterocycles. The van der Waals surface area contributed by atoms with E-state index in [1.165, 1.54) is 23.1 Å². The number of carbonyl (C=O) groups excluding carboxylic acids is 1. The van der Waals surface area contributed by atoms with Crippen LogP contribution in [0.15, 0.2) is 35.5 Å². The number of likely N-dealkylation sites (tertiary alicyclic amines) is 1. The first-order valence-corrected chi connectivity index (χ1v) is 11.6. The van der Waals surface area contributed by atoms with E-state index in [4.69, 9.17) is 11.6 Å². The quantitative estimate of drug-likeness (QED) is 0.457. The van der Waals surface area contributed by atoms with Crippen molar-refractivity contribution < 1.29 is 9.90 Å². The molecule has 0 aromatic carbocycles. The van der Waals surface area contributed by atoms with Gasteiger partial charge in [-0.05, 0) is 51.1 Å². The number of nitrogens with zero attached hydrogens (tertiary/aromatic N) is 3. The summed E-state index contributed by atoms with van der Waals surface area (Å²) in [6.45, 7) is 3.63. The highest BCUT2D eigenvalue weighted by molar-refractivity contribution is 8.00. The van der Waals surface area contributed by atoms with E-state index in [2.05, 4.69) is 21.9 Å². The molecule has 1 fully saturated rings. The number of hydrogen-bond acceptors (Lipinski definition) is 7. The number of piperidine rings is 1. The molecule has 29 heavy (non-hydrogen) atoms. The predicted molar refractivity (Wildman–Crippen MR) is 119 cm³/mol. The smallest absolute Gasteiger partial charge is 0.183 e. The van der Waals surface area contributed by atoms with Crippen LogP contribution in [0.3, 0.4) is 0 Å². The molecule has 152 valence electrons. The van der Waals surface area contributed by atoms with Gasteiger partial charge in [0.05, 0.1) is 21.2 Å². The lowest BCUT2D eigenvalue weighted by Crippen LogP contribution is -2.40. The minimum atomic E-state index is -0.820. The molecule has 3 aromatic heterocycles. The van der Waals surface area contributed by atoms with Gasteiger partial charge in [-0.3, -0.25) is 9.78 Å². The number of rotatable bonds is 5. The lowest BCUT2D eigenvalue weighted by molar-refractivity contribution is -0.0172. The third-order valence-electron chi connectivity index (χ3n) is 5.23. The highest BCUT2D eigenvalue weighted by Gasteiger charge is 2.34. The van der Waals surface area contributed by atoms with Crippen molar-refractivity contribution in [1.29, 1.82) is 0 Å². The molecule has 0 aliphatic carbocycles. The van der Waals surface area contributed by atoms with Gasteiger partial charge in [-0.2, -0.15) is 0 Å². The molecule has 0 unspecified atom stereocenters. The van der Waals surface area contributed by atoms with Crippen molar-refractivity contribution >= 4 is 51.4 Å². The fraction of sp³-hybridized carbons (Fsp3) is 0.381. The average molecular weight is 448 g/mol. The Morgan fingerprint density at radius 1 is 1.34 bits per heavy atom. The van der Waals surface area contributed by atoms with Crippen molar-refractivity contribution in [3.8, 4) is 0 Å². The number of hydrogen-bond donors (Lipinski definition) is 1. The van der Waals surface area contributed by atoms with Gasteiger partial charge in [-0.25, -0.2) is 4.98 Å². The fourth-order valence-corrected chi connectivity index (χ4v) is 5.76. The van der Waals surface area contributed by atoms with Crippen LogP contribution in [0.1, 0.15) is 33.1 Å². The van der Waals surface area contributed by atoms with Crippen LogP contribution >= 0.6 is 34.7 Å². The van der Waals surface area contributed by atoms with Gasteiger partial charge >= 0.3 is 0 Å². The minimum absolute atomic E-state index is 0.0363. The van der Waals surface area contributed by atoms with E-state index in [0.29, 0.717) is 22.7 Å². The Hall–Kier alpha value is -1.51. The molecule has 0 amide bonds. The molecule has 5 nitrogen and oxygen atoms in total. The van der Waals surface area contributed by atoms with Crippen LogP contribution in [-0.4, -0.2) is 51.6 Å². The Balaban J connectivity index is 1.49. The summed E-state index contributed by atoms with van der Waals surface area (Å²) < 4.78 is 0. The standard InChI is InChI=1S/C21H22ClN3O2S2/c1-13-9-16-15(10-14(22)11-23-16)20(24-13)28-12-17(26)18-3-4-19(29-18)21(27)5-7-25(2)8-6-21/h3-4,9-11,27H,5-8,12H2,1-2H3. The Kier molecular flexibility index (Phi) is 5.95. The Labute approximate surface area is 183 Å². The highest BCUT2D eigenvalue weighted by Crippen LogP contribution is 2.37. The Morgan fingerprint density at radius 3 is 2.86 bits per heavy atom. The molecule has 4 rings (SSSR count). The number of aromatic nitrogens is 2. The summed E-state index contributed by atoms with van der Waals surface area (Å²) in [5.74, 6) is 0.313. The second-order valence-corrected chi connectivity index (χ2v) is 9.98. The van der Waals surface area contributed by atoms with Crippen LogP contribution in [0.25, 0.3) is 10.9 Å². The van der Waals surface area contributed by atoms with E-state index in [1.54, 1.807) is 6.20 Å². The maximum atomic E-state index is 12.8. The Bertz CT molecular complexity index is 1060. The SMILES string of the molecule is Cc1cc2ncc(Cl)cc2c(SCC(=O)c2ccc(C3(O)CCN(C)CC3)s2)n1. The number of thiophene rings is 1. The number of thioether (sulfide) groups is 1. The molecule has 4 heterocycles. The number of aliphatic hydroxyl groups is 1. The van der Waals surface area contributed by atoms with E-state index >= 15 is 0 Å². The monoisotopic (exact) mass is 447 g/mol. The van der Waals surface area contributed by atoms with Gasteiger partial charge < -0.3 is 10.0 Å². The molecule has 1 aliphatic heterocycles. The third-order valence-corrected chi connectivity index (χ3v) is 7.75. The lowest BCUT2D eigenvalue weighted by Gasteiger charge is -2.35. The zero-order chi connectivity index (χ0) is 20.6. The van der Waals surface area contributed by atoms with Crippen LogP contribution < -0.4 is 0 Å². The summed E-state index contributed by atoms with van der Waals surface area (Å²) >= 11 is 8.90. The maximum absolute atomic E-state index is 12.8. The summed E-state index contributed by atoms with van der Waals surface area (Å²) in [6.07, 6.45) is 3.00. The zero-order valence-corrected chi connectivity index (χ0v) is 18.7. The summed E-state index contributed by atoms with van der Waals surface area (Å²) in [5.41, 5.74) is 0.851. The zero-order valence-electron chi connectivity index (χ0n) is 16.3. The molecule has 1 aliphatic rings. The van der Waals surface area contributed by atoms with Gasteiger partial charge in [0.1, 0.15) is 10.6 Å². The van der Waals surface area contributed by atoms with Gasteiger partial charge in [0, 0.05) is 35.2 Å². The summed E-state index contributed by atoms with van der Waals surface area (Å²) in [4.78, 5) is 25.5. The number of Topliss-reactive ketones (excluding diaryl/α,β-unsaturated/α-hetero) is 1. The van der Waals surface area contributed by atoms with Crippen molar-refractivity contribution in [3.63, 3.8) is 0 Å². The molecular weight excluding hydrogens is 426 g/mol. The molecule has 3 aromatic rings. The predicted octanol–water partition coefficient (Wildman–Crippen LogP) is 4.54. The largest absolute Gasteiger partial charge is 0.384 e. The number of fused-ring (bicyclic) bond motifs is 1. The van der Waals surface area contributed by atoms with E-state index in [9.17, 15) is 9.90 Å². The van der Waals surface area contributed by atoms with Gasteiger partial charge in [0.25, 0.3) is 0 Å². The molecular formula is C21H22ClN3O2S2. The molecule has 0 radical (unpaired) electrons. The van der Waals surface area contributed by atoms with Crippen LogP contribution in [0.4, 0.5) is 0 Å². The average Bonchev–Trinajstić information content (AvgIpc) is 3.20. The highest BCUT2D eigenvalue weighted by atomic mass is 35.5. The van der Waals surface area contributed by atoms with Gasteiger partial charge in [-0.1, -0.05) is 23.4 Å². The maximum Gasteiger partial charge on any atom is 0.183 e. The number of aryl methyl sites for hydroxylation is 1. The second-order valence-electron chi connectivity index (χ2n) is 7.50. The molecule has 0 bridgehead atoms. The lowest BCUT2D eigenvalue weighted by atomic mass is 9.90. The fourth-order valence-electron chi connectivity index (χ4n) is 3.47. The minimum Gasteiger partial charge on any atom is -0.384 e. The number of ketones is 1. The van der Waals surface area contributed by atoms with Gasteiger partial charge in [0.2, 0.25) is 0 Å². The summed E-state index contributed by atoms with van der Waals surface area (Å²) in [5, 5.41) is 13.1. The van der Waals surface area contributed by atoms with Crippen molar-refractivity contribution in [3.05, 3.63) is 50.9 Å². The van der Waals surface area contributed by atoms with Crippen molar-refractivity contribution in [2.45, 2.75) is 30.4 Å². The van der Waals surface area contributed by atoms with E-state index < -0.39 is 5.60 Å². The first kappa shape index (κ1) is 20.8. The topological polar surface area (TPSA) is 66.3 Å². The summed E-state index contributed by atoms with van der Waals surface area (Å²) in [7, 11) is 2.06. The first-order chi connectivity index (χ1) is 13.8. The van der Waals surface area contributed by atoms with E-state index in [1.807, 2.05) is 31.2 Å².